The average Bonchev–Trinajstić information content (AvgIpc) is 2.75. The van der Waals surface area contributed by atoms with E-state index in [1.54, 1.807) is 24.5 Å². The summed E-state index contributed by atoms with van der Waals surface area (Å²) in [7, 11) is 0. The van der Waals surface area contributed by atoms with Crippen LogP contribution in [0, 0.1) is 10.8 Å². The number of hydrogen-bond acceptors (Lipinski definition) is 6. The zero-order valence-electron chi connectivity index (χ0n) is 16.3. The first-order valence-electron chi connectivity index (χ1n) is 9.70. The number of rotatable bonds is 5. The van der Waals surface area contributed by atoms with Crippen molar-refractivity contribution in [3.8, 4) is 0 Å². The maximum atomic E-state index is 8.52. The molecule has 3 aromatic rings. The Bertz CT molecular complexity index is 1170. The molecular formula is C22H23N7. The molecule has 7 heteroatoms. The van der Waals surface area contributed by atoms with Crippen LogP contribution < -0.4 is 5.49 Å². The predicted molar refractivity (Wildman–Crippen MR) is 115 cm³/mol. The second kappa shape index (κ2) is 8.18. The molecule has 0 atom stereocenters. The summed E-state index contributed by atoms with van der Waals surface area (Å²) in [4.78, 5) is 4.33. The topological polar surface area (TPSA) is 94.0 Å². The van der Waals surface area contributed by atoms with Crippen molar-refractivity contribution >= 4 is 28.5 Å². The van der Waals surface area contributed by atoms with Crippen LogP contribution in [0.4, 0.5) is 0 Å². The van der Waals surface area contributed by atoms with E-state index < -0.39 is 0 Å². The molecule has 7 nitrogen and oxygen atoms in total. The van der Waals surface area contributed by atoms with E-state index in [1.165, 1.54) is 4.68 Å². The third kappa shape index (κ3) is 4.13. The van der Waals surface area contributed by atoms with Crippen LogP contribution in [0.1, 0.15) is 24.6 Å². The van der Waals surface area contributed by atoms with Gasteiger partial charge in [0.05, 0.1) is 24.0 Å². The third-order valence-corrected chi connectivity index (χ3v) is 4.79. The largest absolute Gasteiger partial charge is 0.293 e. The molecule has 0 saturated carbocycles. The van der Waals surface area contributed by atoms with Crippen molar-refractivity contribution in [3.63, 3.8) is 0 Å². The molecule has 1 aromatic carbocycles. The molecule has 0 amide bonds. The smallest absolute Gasteiger partial charge is 0.148 e. The number of allylic oxidation sites excluding steroid dienone is 1. The first-order chi connectivity index (χ1) is 14.1. The van der Waals surface area contributed by atoms with E-state index in [9.17, 15) is 0 Å². The van der Waals surface area contributed by atoms with E-state index in [-0.39, 0.29) is 11.3 Å². The minimum Gasteiger partial charge on any atom is -0.293 e. The summed E-state index contributed by atoms with van der Waals surface area (Å²) in [6.45, 7) is 3.79. The molecule has 2 aromatic heterocycles. The Morgan fingerprint density at radius 1 is 1.17 bits per heavy atom. The Balaban J connectivity index is 1.56. The minimum atomic E-state index is 0.183. The van der Waals surface area contributed by atoms with Gasteiger partial charge >= 0.3 is 0 Å². The quantitative estimate of drug-likeness (QED) is 0.522. The lowest BCUT2D eigenvalue weighted by Gasteiger charge is -2.20. The molecule has 1 aliphatic rings. The van der Waals surface area contributed by atoms with Crippen LogP contribution in [0.3, 0.4) is 0 Å². The highest BCUT2D eigenvalue weighted by molar-refractivity contribution is 6.09. The number of pyridine rings is 1. The molecule has 0 bridgehead atoms. The summed E-state index contributed by atoms with van der Waals surface area (Å²) < 4.78 is 1.38. The summed E-state index contributed by atoms with van der Waals surface area (Å²) in [5, 5.41) is 28.7. The molecule has 29 heavy (non-hydrogen) atoms. The minimum absolute atomic E-state index is 0.183. The predicted octanol–water partition coefficient (Wildman–Crippen LogP) is 3.07. The van der Waals surface area contributed by atoms with Crippen LogP contribution in [0.5, 0.6) is 0 Å². The van der Waals surface area contributed by atoms with Gasteiger partial charge in [0.1, 0.15) is 11.3 Å². The highest BCUT2D eigenvalue weighted by atomic mass is 15.4. The molecule has 146 valence electrons. The zero-order valence-corrected chi connectivity index (χ0v) is 16.3. The number of hydrazone groups is 1. The van der Waals surface area contributed by atoms with E-state index in [0.717, 1.165) is 41.5 Å². The van der Waals surface area contributed by atoms with Crippen molar-refractivity contribution in [3.05, 3.63) is 71.5 Å². The van der Waals surface area contributed by atoms with Crippen LogP contribution in [0.15, 0.2) is 59.8 Å². The summed E-state index contributed by atoms with van der Waals surface area (Å²) in [5.41, 5.74) is 3.73. The summed E-state index contributed by atoms with van der Waals surface area (Å²) in [5.74, 6) is 0.251. The maximum absolute atomic E-state index is 8.52. The summed E-state index contributed by atoms with van der Waals surface area (Å²) in [6.07, 6.45) is 7.09. The Morgan fingerprint density at radius 3 is 2.86 bits per heavy atom. The molecule has 3 heterocycles. The van der Waals surface area contributed by atoms with Crippen LogP contribution in [0.25, 0.3) is 16.5 Å². The van der Waals surface area contributed by atoms with Crippen LogP contribution in [-0.2, 0) is 6.42 Å². The molecule has 1 aliphatic heterocycles. The SMILES string of the molecule is CCCN1CC=C(c2ccc(=N)n(C(=N)Cc3ccc4ncccc4c3)n2)C=N1. The number of nitrogens with zero attached hydrogens (tertiary/aromatic N) is 5. The maximum Gasteiger partial charge on any atom is 0.148 e. The Labute approximate surface area is 169 Å². The van der Waals surface area contributed by atoms with Crippen LogP contribution in [0.2, 0.25) is 0 Å². The molecule has 0 spiro atoms. The van der Waals surface area contributed by atoms with E-state index >= 15 is 0 Å². The zero-order chi connectivity index (χ0) is 20.2. The van der Waals surface area contributed by atoms with Gasteiger partial charge in [0.25, 0.3) is 0 Å². The molecule has 2 N–H and O–H groups in total. The monoisotopic (exact) mass is 385 g/mol. The number of hydrogen-bond donors (Lipinski definition) is 2. The molecule has 0 saturated heterocycles. The highest BCUT2D eigenvalue weighted by Crippen LogP contribution is 2.15. The van der Waals surface area contributed by atoms with Crippen molar-refractivity contribution < 1.29 is 0 Å². The third-order valence-electron chi connectivity index (χ3n) is 4.79. The first kappa shape index (κ1) is 18.7. The fraction of sp³-hybridized carbons (Fsp3) is 0.227. The van der Waals surface area contributed by atoms with Gasteiger partial charge in [-0.25, -0.2) is 4.68 Å². The second-order valence-electron chi connectivity index (χ2n) is 6.99. The average molecular weight is 385 g/mol. The van der Waals surface area contributed by atoms with Crippen LogP contribution in [-0.4, -0.2) is 44.9 Å². The normalized spacial score (nSPS) is 13.6. The fourth-order valence-electron chi connectivity index (χ4n) is 3.31. The van der Waals surface area contributed by atoms with E-state index in [4.69, 9.17) is 10.8 Å². The van der Waals surface area contributed by atoms with Gasteiger partial charge in [0, 0.05) is 30.1 Å². The fourth-order valence-corrected chi connectivity index (χ4v) is 3.31. The Hall–Kier alpha value is -3.61. The van der Waals surface area contributed by atoms with Crippen molar-refractivity contribution in [1.29, 1.82) is 10.8 Å². The lowest BCUT2D eigenvalue weighted by Crippen LogP contribution is -2.31. The molecular weight excluding hydrogens is 362 g/mol. The van der Waals surface area contributed by atoms with E-state index in [1.807, 2.05) is 35.3 Å². The van der Waals surface area contributed by atoms with E-state index in [2.05, 4.69) is 28.2 Å². The van der Waals surface area contributed by atoms with E-state index in [0.29, 0.717) is 12.1 Å². The number of benzene rings is 1. The van der Waals surface area contributed by atoms with Crippen molar-refractivity contribution in [2.45, 2.75) is 19.8 Å². The van der Waals surface area contributed by atoms with Gasteiger partial charge in [-0.1, -0.05) is 25.1 Å². The Kier molecular flexibility index (Phi) is 5.29. The van der Waals surface area contributed by atoms with Gasteiger partial charge in [0.2, 0.25) is 0 Å². The molecule has 0 radical (unpaired) electrons. The molecule has 4 rings (SSSR count). The standard InChI is InChI=1S/C22H23N7/c1-2-11-28-12-9-18(15-26-28)20-7-8-21(23)29(27-20)22(24)14-16-5-6-19-17(13-16)4-3-10-25-19/h3-10,13,15,23-24H,2,11-12,14H2,1H3. The van der Waals surface area contributed by atoms with Gasteiger partial charge in [-0.15, -0.1) is 0 Å². The lowest BCUT2D eigenvalue weighted by molar-refractivity contribution is 0.320. The van der Waals surface area contributed by atoms with Gasteiger partial charge < -0.3 is 0 Å². The van der Waals surface area contributed by atoms with Gasteiger partial charge in [-0.05, 0) is 42.3 Å². The molecule has 0 aliphatic carbocycles. The lowest BCUT2D eigenvalue weighted by atomic mass is 10.1. The number of nitrogens with one attached hydrogen (secondary N) is 2. The highest BCUT2D eigenvalue weighted by Gasteiger charge is 2.11. The van der Waals surface area contributed by atoms with Gasteiger partial charge in [-0.3, -0.25) is 20.8 Å². The Morgan fingerprint density at radius 2 is 2.07 bits per heavy atom. The number of aromatic nitrogens is 3. The summed E-state index contributed by atoms with van der Waals surface area (Å²) >= 11 is 0. The second-order valence-corrected chi connectivity index (χ2v) is 6.99. The van der Waals surface area contributed by atoms with Crippen molar-refractivity contribution in [2.75, 3.05) is 13.1 Å². The van der Waals surface area contributed by atoms with Gasteiger partial charge in [-0.2, -0.15) is 10.2 Å². The van der Waals surface area contributed by atoms with Crippen molar-refractivity contribution in [2.24, 2.45) is 5.10 Å². The van der Waals surface area contributed by atoms with Gasteiger partial charge in [0.15, 0.2) is 0 Å². The molecule has 0 fully saturated rings. The van der Waals surface area contributed by atoms with Crippen molar-refractivity contribution in [1.82, 2.24) is 19.8 Å². The first-order valence-corrected chi connectivity index (χ1v) is 9.70. The number of fused-ring (bicyclic) bond motifs is 1. The molecule has 0 unspecified atom stereocenters. The van der Waals surface area contributed by atoms with Crippen LogP contribution >= 0.6 is 0 Å². The summed E-state index contributed by atoms with van der Waals surface area (Å²) in [6, 6.07) is 13.4.